The molecule has 0 aromatic heterocycles. The maximum atomic E-state index is 12.5. The molecule has 0 saturated heterocycles. The summed E-state index contributed by atoms with van der Waals surface area (Å²) in [7, 11) is 0. The molecule has 1 aliphatic carbocycles. The van der Waals surface area contributed by atoms with Gasteiger partial charge in [0.25, 0.3) is 5.91 Å². The summed E-state index contributed by atoms with van der Waals surface area (Å²) in [5.74, 6) is -0.113. The first-order valence-corrected chi connectivity index (χ1v) is 6.70. The summed E-state index contributed by atoms with van der Waals surface area (Å²) >= 11 is 0. The summed E-state index contributed by atoms with van der Waals surface area (Å²) in [5.41, 5.74) is 12.9. The van der Waals surface area contributed by atoms with Crippen molar-refractivity contribution >= 4 is 17.3 Å². The molecule has 0 spiro atoms. The number of carbonyl (C=O) groups is 1. The van der Waals surface area contributed by atoms with Gasteiger partial charge < -0.3 is 21.5 Å². The molecule has 5 N–H and O–H groups in total. The third kappa shape index (κ3) is 2.98. The van der Waals surface area contributed by atoms with Crippen LogP contribution in [0.3, 0.4) is 0 Å². The zero-order chi connectivity index (χ0) is 13.8. The first-order chi connectivity index (χ1) is 9.13. The SMILES string of the molecule is Nc1ccc(C(=O)N(CCO)C2CCCC2)c(N)c1. The number of aliphatic hydroxyl groups excluding tert-OH is 1. The summed E-state index contributed by atoms with van der Waals surface area (Å²) < 4.78 is 0. The van der Waals surface area contributed by atoms with E-state index in [2.05, 4.69) is 0 Å². The summed E-state index contributed by atoms with van der Waals surface area (Å²) in [4.78, 5) is 14.3. The van der Waals surface area contributed by atoms with Crippen molar-refractivity contribution in [2.75, 3.05) is 24.6 Å². The minimum absolute atomic E-state index is 0.0306. The van der Waals surface area contributed by atoms with Gasteiger partial charge in [0.05, 0.1) is 12.2 Å². The molecule has 2 rings (SSSR count). The largest absolute Gasteiger partial charge is 0.399 e. The molecule has 1 saturated carbocycles. The van der Waals surface area contributed by atoms with Gasteiger partial charge in [0.2, 0.25) is 0 Å². The number of carbonyl (C=O) groups excluding carboxylic acids is 1. The fourth-order valence-corrected chi connectivity index (χ4v) is 2.70. The van der Waals surface area contributed by atoms with Crippen molar-refractivity contribution in [3.05, 3.63) is 23.8 Å². The van der Waals surface area contributed by atoms with Crippen LogP contribution in [0.4, 0.5) is 11.4 Å². The van der Waals surface area contributed by atoms with Crippen molar-refractivity contribution in [2.24, 2.45) is 0 Å². The Balaban J connectivity index is 2.22. The van der Waals surface area contributed by atoms with E-state index in [9.17, 15) is 4.79 Å². The van der Waals surface area contributed by atoms with Crippen LogP contribution in [-0.2, 0) is 0 Å². The highest BCUT2D eigenvalue weighted by molar-refractivity contribution is 5.99. The van der Waals surface area contributed by atoms with Crippen molar-refractivity contribution < 1.29 is 9.90 Å². The highest BCUT2D eigenvalue weighted by Gasteiger charge is 2.27. The van der Waals surface area contributed by atoms with Crippen LogP contribution in [0, 0.1) is 0 Å². The number of aliphatic hydroxyl groups is 1. The van der Waals surface area contributed by atoms with E-state index < -0.39 is 0 Å². The lowest BCUT2D eigenvalue weighted by Crippen LogP contribution is -2.41. The molecule has 0 heterocycles. The van der Waals surface area contributed by atoms with Gasteiger partial charge in [0, 0.05) is 24.0 Å². The molecule has 1 aliphatic rings. The first kappa shape index (κ1) is 13.7. The van der Waals surface area contributed by atoms with Crippen molar-refractivity contribution in [2.45, 2.75) is 31.7 Å². The van der Waals surface area contributed by atoms with Gasteiger partial charge in [-0.25, -0.2) is 0 Å². The highest BCUT2D eigenvalue weighted by Crippen LogP contribution is 2.26. The number of benzene rings is 1. The van der Waals surface area contributed by atoms with Crippen LogP contribution in [0.25, 0.3) is 0 Å². The predicted molar refractivity (Wildman–Crippen MR) is 75.6 cm³/mol. The van der Waals surface area contributed by atoms with Crippen LogP contribution in [0.1, 0.15) is 36.0 Å². The van der Waals surface area contributed by atoms with Crippen molar-refractivity contribution in [3.8, 4) is 0 Å². The number of nitrogens with two attached hydrogens (primary N) is 2. The Morgan fingerprint density at radius 2 is 2.00 bits per heavy atom. The van der Waals surface area contributed by atoms with E-state index in [0.717, 1.165) is 25.7 Å². The number of rotatable bonds is 4. The first-order valence-electron chi connectivity index (χ1n) is 6.70. The lowest BCUT2D eigenvalue weighted by atomic mass is 10.1. The molecule has 1 fully saturated rings. The van der Waals surface area contributed by atoms with Crippen LogP contribution in [0.5, 0.6) is 0 Å². The molecule has 0 aliphatic heterocycles. The third-order valence-electron chi connectivity index (χ3n) is 3.67. The Morgan fingerprint density at radius 1 is 1.32 bits per heavy atom. The lowest BCUT2D eigenvalue weighted by molar-refractivity contribution is 0.0639. The second-order valence-corrected chi connectivity index (χ2v) is 5.01. The highest BCUT2D eigenvalue weighted by atomic mass is 16.3. The minimum atomic E-state index is -0.113. The van der Waals surface area contributed by atoms with E-state index in [1.54, 1.807) is 23.1 Å². The Hall–Kier alpha value is -1.75. The van der Waals surface area contributed by atoms with Crippen LogP contribution >= 0.6 is 0 Å². The predicted octanol–water partition coefficient (Wildman–Crippen LogP) is 1.23. The van der Waals surface area contributed by atoms with Gasteiger partial charge in [0.15, 0.2) is 0 Å². The topological polar surface area (TPSA) is 92.6 Å². The van der Waals surface area contributed by atoms with Crippen molar-refractivity contribution in [3.63, 3.8) is 0 Å². The van der Waals surface area contributed by atoms with Gasteiger partial charge in [-0.3, -0.25) is 4.79 Å². The second-order valence-electron chi connectivity index (χ2n) is 5.01. The van der Waals surface area contributed by atoms with Gasteiger partial charge in [-0.15, -0.1) is 0 Å². The van der Waals surface area contributed by atoms with Crippen molar-refractivity contribution in [1.29, 1.82) is 0 Å². The molecule has 1 aromatic rings. The van der Waals surface area contributed by atoms with E-state index in [-0.39, 0.29) is 18.6 Å². The van der Waals surface area contributed by atoms with Crippen LogP contribution in [-0.4, -0.2) is 35.1 Å². The van der Waals surface area contributed by atoms with E-state index in [1.807, 2.05) is 0 Å². The van der Waals surface area contributed by atoms with Crippen molar-refractivity contribution in [1.82, 2.24) is 4.90 Å². The number of hydrogen-bond donors (Lipinski definition) is 3. The fourth-order valence-electron chi connectivity index (χ4n) is 2.70. The normalized spacial score (nSPS) is 15.6. The summed E-state index contributed by atoms with van der Waals surface area (Å²) in [6.45, 7) is 0.324. The molecule has 19 heavy (non-hydrogen) atoms. The van der Waals surface area contributed by atoms with E-state index in [4.69, 9.17) is 16.6 Å². The molecule has 0 bridgehead atoms. The molecule has 104 valence electrons. The van der Waals surface area contributed by atoms with Crippen LogP contribution in [0.2, 0.25) is 0 Å². The van der Waals surface area contributed by atoms with Gasteiger partial charge in [0.1, 0.15) is 0 Å². The van der Waals surface area contributed by atoms with E-state index >= 15 is 0 Å². The quantitative estimate of drug-likeness (QED) is 0.712. The molecule has 1 amide bonds. The summed E-state index contributed by atoms with van der Waals surface area (Å²) in [6.07, 6.45) is 4.27. The van der Waals surface area contributed by atoms with Crippen LogP contribution < -0.4 is 11.5 Å². The molecule has 1 aromatic carbocycles. The van der Waals surface area contributed by atoms with Gasteiger partial charge in [-0.1, -0.05) is 12.8 Å². The molecular weight excluding hydrogens is 242 g/mol. The average Bonchev–Trinajstić information content (AvgIpc) is 2.89. The zero-order valence-corrected chi connectivity index (χ0v) is 11.0. The molecule has 5 heteroatoms. The zero-order valence-electron chi connectivity index (χ0n) is 11.0. The minimum Gasteiger partial charge on any atom is -0.399 e. The van der Waals surface area contributed by atoms with Crippen LogP contribution in [0.15, 0.2) is 18.2 Å². The second kappa shape index (κ2) is 5.93. The molecule has 0 unspecified atom stereocenters. The lowest BCUT2D eigenvalue weighted by Gasteiger charge is -2.28. The Bertz CT molecular complexity index is 456. The third-order valence-corrected chi connectivity index (χ3v) is 3.67. The maximum absolute atomic E-state index is 12.5. The number of nitrogens with zero attached hydrogens (tertiary/aromatic N) is 1. The average molecular weight is 263 g/mol. The fraction of sp³-hybridized carbons (Fsp3) is 0.500. The van der Waals surface area contributed by atoms with E-state index in [1.165, 1.54) is 0 Å². The molecular formula is C14H21N3O2. The number of nitrogen functional groups attached to an aromatic ring is 2. The summed E-state index contributed by atoms with van der Waals surface area (Å²) in [5, 5.41) is 9.16. The number of anilines is 2. The maximum Gasteiger partial charge on any atom is 0.256 e. The van der Waals surface area contributed by atoms with Gasteiger partial charge >= 0.3 is 0 Å². The molecule has 5 nitrogen and oxygen atoms in total. The van der Waals surface area contributed by atoms with Gasteiger partial charge in [-0.2, -0.15) is 0 Å². The van der Waals surface area contributed by atoms with E-state index in [0.29, 0.717) is 23.5 Å². The summed E-state index contributed by atoms with van der Waals surface area (Å²) in [6, 6.07) is 5.15. The Labute approximate surface area is 113 Å². The Morgan fingerprint density at radius 3 is 2.58 bits per heavy atom. The number of hydrogen-bond acceptors (Lipinski definition) is 4. The smallest absolute Gasteiger partial charge is 0.256 e. The monoisotopic (exact) mass is 263 g/mol. The Kier molecular flexibility index (Phi) is 4.27. The molecule has 0 atom stereocenters. The standard InChI is InChI=1S/C14H21N3O2/c15-10-5-6-12(13(16)9-10)14(19)17(7-8-18)11-3-1-2-4-11/h5-6,9,11,18H,1-4,7-8,15-16H2. The number of amides is 1. The van der Waals surface area contributed by atoms with Gasteiger partial charge in [-0.05, 0) is 31.0 Å². The molecule has 0 radical (unpaired) electrons.